The summed E-state index contributed by atoms with van der Waals surface area (Å²) in [7, 11) is 1.71. The summed E-state index contributed by atoms with van der Waals surface area (Å²) in [6, 6.07) is 1.92. The van der Waals surface area contributed by atoms with Gasteiger partial charge in [-0.2, -0.15) is 0 Å². The van der Waals surface area contributed by atoms with Gasteiger partial charge in [0.15, 0.2) is 11.7 Å². The van der Waals surface area contributed by atoms with Gasteiger partial charge in [-0.15, -0.1) is 24.0 Å². The third-order valence-electron chi connectivity index (χ3n) is 3.35. The first-order valence-electron chi connectivity index (χ1n) is 9.04. The molecule has 0 bridgehead atoms. The highest BCUT2D eigenvalue weighted by atomic mass is 127. The standard InChI is InChI=1S/C18H33N5O3.HI/c1-8-19-16(21-12-14-11-15(13(2)3)22-26-14)20-9-10-23(7)17(24)25-18(4,5)6;/h11,13H,8-10,12H2,1-7H3,(H2,19,20,21);1H. The number of carbonyl (C=O) groups is 1. The van der Waals surface area contributed by atoms with E-state index >= 15 is 0 Å². The van der Waals surface area contributed by atoms with Crippen LogP contribution in [-0.2, 0) is 11.3 Å². The second-order valence-electron chi connectivity index (χ2n) is 7.40. The lowest BCUT2D eigenvalue weighted by Crippen LogP contribution is -2.43. The SMILES string of the molecule is CCNC(=NCc1cc(C(C)C)no1)NCCN(C)C(=O)OC(C)(C)C.I. The lowest BCUT2D eigenvalue weighted by molar-refractivity contribution is 0.0302. The minimum Gasteiger partial charge on any atom is -0.444 e. The molecular formula is C18H34IN5O3. The Bertz CT molecular complexity index is 596. The maximum atomic E-state index is 11.9. The van der Waals surface area contributed by atoms with E-state index in [1.54, 1.807) is 7.05 Å². The Kier molecular flexibility index (Phi) is 11.4. The van der Waals surface area contributed by atoms with Crippen molar-refractivity contribution in [3.05, 3.63) is 17.5 Å². The maximum absolute atomic E-state index is 11.9. The molecule has 156 valence electrons. The van der Waals surface area contributed by atoms with Gasteiger partial charge < -0.3 is 24.8 Å². The molecule has 0 aliphatic rings. The minimum atomic E-state index is -0.499. The van der Waals surface area contributed by atoms with E-state index < -0.39 is 5.60 Å². The first-order valence-corrected chi connectivity index (χ1v) is 9.04. The van der Waals surface area contributed by atoms with Crippen molar-refractivity contribution in [1.29, 1.82) is 0 Å². The predicted molar refractivity (Wildman–Crippen MR) is 118 cm³/mol. The van der Waals surface area contributed by atoms with E-state index in [9.17, 15) is 4.79 Å². The molecule has 1 heterocycles. The number of carbonyl (C=O) groups excluding carboxylic acids is 1. The van der Waals surface area contributed by atoms with Crippen LogP contribution in [0.2, 0.25) is 0 Å². The van der Waals surface area contributed by atoms with Crippen LogP contribution in [0, 0.1) is 0 Å². The number of ether oxygens (including phenoxy) is 1. The van der Waals surface area contributed by atoms with Crippen molar-refractivity contribution >= 4 is 36.0 Å². The topological polar surface area (TPSA) is 92.0 Å². The summed E-state index contributed by atoms with van der Waals surface area (Å²) >= 11 is 0. The number of amides is 1. The Balaban J connectivity index is 0.00000676. The number of halogens is 1. The lowest BCUT2D eigenvalue weighted by atomic mass is 10.1. The van der Waals surface area contributed by atoms with Crippen LogP contribution in [0.4, 0.5) is 4.79 Å². The minimum absolute atomic E-state index is 0. The van der Waals surface area contributed by atoms with Crippen molar-refractivity contribution < 1.29 is 14.1 Å². The molecule has 27 heavy (non-hydrogen) atoms. The molecule has 1 aromatic rings. The number of nitrogens with one attached hydrogen (secondary N) is 2. The fourth-order valence-electron chi connectivity index (χ4n) is 1.95. The number of guanidine groups is 1. The second-order valence-corrected chi connectivity index (χ2v) is 7.40. The number of aromatic nitrogens is 1. The zero-order chi connectivity index (χ0) is 19.7. The average Bonchev–Trinajstić information content (AvgIpc) is 3.00. The van der Waals surface area contributed by atoms with Crippen LogP contribution < -0.4 is 10.6 Å². The van der Waals surface area contributed by atoms with Crippen molar-refractivity contribution in [3.8, 4) is 0 Å². The largest absolute Gasteiger partial charge is 0.444 e. The predicted octanol–water partition coefficient (Wildman–Crippen LogP) is 3.34. The summed E-state index contributed by atoms with van der Waals surface area (Å²) < 4.78 is 10.6. The van der Waals surface area contributed by atoms with Gasteiger partial charge in [0.1, 0.15) is 12.1 Å². The average molecular weight is 495 g/mol. The van der Waals surface area contributed by atoms with Gasteiger partial charge in [0.05, 0.1) is 5.69 Å². The molecule has 0 radical (unpaired) electrons. The van der Waals surface area contributed by atoms with Gasteiger partial charge in [0.25, 0.3) is 0 Å². The van der Waals surface area contributed by atoms with E-state index in [1.807, 2.05) is 33.8 Å². The van der Waals surface area contributed by atoms with Crippen LogP contribution >= 0.6 is 24.0 Å². The number of nitrogens with zero attached hydrogens (tertiary/aromatic N) is 3. The third kappa shape index (κ3) is 10.4. The summed E-state index contributed by atoms with van der Waals surface area (Å²) in [6.45, 7) is 13.9. The molecule has 0 aliphatic heterocycles. The number of hydrogen-bond acceptors (Lipinski definition) is 5. The first kappa shape index (κ1) is 25.5. The van der Waals surface area contributed by atoms with Gasteiger partial charge in [-0.25, -0.2) is 9.79 Å². The van der Waals surface area contributed by atoms with E-state index in [4.69, 9.17) is 9.26 Å². The fourth-order valence-corrected chi connectivity index (χ4v) is 1.95. The van der Waals surface area contributed by atoms with Crippen LogP contribution in [0.25, 0.3) is 0 Å². The fraction of sp³-hybridized carbons (Fsp3) is 0.722. The Morgan fingerprint density at radius 3 is 2.56 bits per heavy atom. The number of hydrogen-bond donors (Lipinski definition) is 2. The molecule has 1 aromatic heterocycles. The Morgan fingerprint density at radius 1 is 1.37 bits per heavy atom. The summed E-state index contributed by atoms with van der Waals surface area (Å²) in [4.78, 5) is 18.0. The molecule has 0 atom stereocenters. The van der Waals surface area contributed by atoms with Crippen LogP contribution in [0.15, 0.2) is 15.6 Å². The van der Waals surface area contributed by atoms with Crippen LogP contribution in [0.3, 0.4) is 0 Å². The molecule has 0 fully saturated rings. The Hall–Kier alpha value is -1.52. The van der Waals surface area contributed by atoms with Crippen LogP contribution in [0.1, 0.15) is 58.9 Å². The van der Waals surface area contributed by atoms with Gasteiger partial charge in [-0.1, -0.05) is 19.0 Å². The molecule has 0 spiro atoms. The van der Waals surface area contributed by atoms with Crippen molar-refractivity contribution in [1.82, 2.24) is 20.7 Å². The van der Waals surface area contributed by atoms with Crippen molar-refractivity contribution in [2.45, 2.75) is 59.6 Å². The third-order valence-corrected chi connectivity index (χ3v) is 3.35. The summed E-state index contributed by atoms with van der Waals surface area (Å²) in [5, 5.41) is 10.4. The molecular weight excluding hydrogens is 461 g/mol. The van der Waals surface area contributed by atoms with Gasteiger partial charge >= 0.3 is 6.09 Å². The second kappa shape index (κ2) is 12.0. The smallest absolute Gasteiger partial charge is 0.410 e. The molecule has 0 saturated heterocycles. The molecule has 0 saturated carbocycles. The highest BCUT2D eigenvalue weighted by molar-refractivity contribution is 14.0. The van der Waals surface area contributed by atoms with E-state index in [-0.39, 0.29) is 30.1 Å². The van der Waals surface area contributed by atoms with Gasteiger partial charge in [0, 0.05) is 32.7 Å². The monoisotopic (exact) mass is 495 g/mol. The maximum Gasteiger partial charge on any atom is 0.410 e. The normalized spacial score (nSPS) is 11.8. The lowest BCUT2D eigenvalue weighted by Gasteiger charge is -2.24. The summed E-state index contributed by atoms with van der Waals surface area (Å²) in [5.74, 6) is 1.70. The van der Waals surface area contributed by atoms with Crippen molar-refractivity contribution in [2.75, 3.05) is 26.7 Å². The van der Waals surface area contributed by atoms with E-state index in [0.29, 0.717) is 31.5 Å². The van der Waals surface area contributed by atoms with Crippen LogP contribution in [0.5, 0.6) is 0 Å². The van der Waals surface area contributed by atoms with Crippen molar-refractivity contribution in [3.63, 3.8) is 0 Å². The van der Waals surface area contributed by atoms with Crippen molar-refractivity contribution in [2.24, 2.45) is 4.99 Å². The van der Waals surface area contributed by atoms with Crippen LogP contribution in [-0.4, -0.2) is 54.4 Å². The molecule has 0 unspecified atom stereocenters. The zero-order valence-electron chi connectivity index (χ0n) is 17.5. The quantitative estimate of drug-likeness (QED) is 0.343. The number of aliphatic imine (C=N–C) groups is 1. The van der Waals surface area contributed by atoms with Gasteiger partial charge in [-0.05, 0) is 33.6 Å². The van der Waals surface area contributed by atoms with Gasteiger partial charge in [0.2, 0.25) is 0 Å². The highest BCUT2D eigenvalue weighted by Gasteiger charge is 2.19. The van der Waals surface area contributed by atoms with Gasteiger partial charge in [-0.3, -0.25) is 0 Å². The van der Waals surface area contributed by atoms with E-state index in [1.165, 1.54) is 4.90 Å². The molecule has 0 aromatic carbocycles. The molecule has 1 rings (SSSR count). The Morgan fingerprint density at radius 2 is 2.04 bits per heavy atom. The van der Waals surface area contributed by atoms with E-state index in [0.717, 1.165) is 18.0 Å². The van der Waals surface area contributed by atoms with E-state index in [2.05, 4.69) is 34.6 Å². The number of likely N-dealkylation sites (N-methyl/N-ethyl adjacent to an activating group) is 1. The molecule has 9 heteroatoms. The summed E-state index contributed by atoms with van der Waals surface area (Å²) in [6.07, 6.45) is -0.343. The Labute approximate surface area is 179 Å². The number of rotatable bonds is 7. The molecule has 0 aliphatic carbocycles. The molecule has 2 N–H and O–H groups in total. The molecule has 1 amide bonds. The molecule has 8 nitrogen and oxygen atoms in total. The highest BCUT2D eigenvalue weighted by Crippen LogP contribution is 2.14. The first-order chi connectivity index (χ1) is 12.1. The zero-order valence-corrected chi connectivity index (χ0v) is 19.8. The summed E-state index contributed by atoms with van der Waals surface area (Å²) in [5.41, 5.74) is 0.424.